The first kappa shape index (κ1) is 17.7. The van der Waals surface area contributed by atoms with Crippen molar-refractivity contribution in [1.82, 2.24) is 0 Å². The topological polar surface area (TPSA) is 53.9 Å². The number of carbonyl (C=O) groups excluding carboxylic acids is 1. The Morgan fingerprint density at radius 3 is 2.32 bits per heavy atom. The van der Waals surface area contributed by atoms with E-state index < -0.39 is 0 Å². The second-order valence-corrected chi connectivity index (χ2v) is 5.35. The minimum atomic E-state index is -0.354. The maximum Gasteiger partial charge on any atom is 0.333 e. The average molecular weight is 284 g/mol. The van der Waals surface area contributed by atoms with Crippen LogP contribution in [-0.4, -0.2) is 17.6 Å². The first-order valence-electron chi connectivity index (χ1n) is 6.06. The molecule has 3 N–H and O–H groups in total. The van der Waals surface area contributed by atoms with Crippen LogP contribution in [0.2, 0.25) is 0 Å². The number of ether oxygens (including phenoxy) is 1. The number of quaternary nitrogens is 1. The molecule has 3 nitrogen and oxygen atoms in total. The van der Waals surface area contributed by atoms with Gasteiger partial charge in [-0.05, 0) is 26.3 Å². The van der Waals surface area contributed by atoms with Crippen LogP contribution in [0.5, 0.6) is 0 Å². The Morgan fingerprint density at radius 1 is 1.37 bits per heavy atom. The first-order valence-corrected chi connectivity index (χ1v) is 6.06. The van der Waals surface area contributed by atoms with Crippen LogP contribution in [0, 0.1) is 0 Å². The highest BCUT2D eigenvalue weighted by atomic mass is 35.5. The van der Waals surface area contributed by atoms with Gasteiger partial charge in [0.2, 0.25) is 0 Å². The summed E-state index contributed by atoms with van der Waals surface area (Å²) in [5.41, 5.74) is 5.27. The van der Waals surface area contributed by atoms with Crippen molar-refractivity contribution in [3.63, 3.8) is 0 Å². The molecule has 1 aromatic rings. The molecule has 0 aliphatic carbocycles. The second-order valence-electron chi connectivity index (χ2n) is 5.35. The number of carbonyl (C=O) groups is 1. The highest BCUT2D eigenvalue weighted by molar-refractivity contribution is 5.87. The van der Waals surface area contributed by atoms with Crippen LogP contribution in [0.15, 0.2) is 42.5 Å². The summed E-state index contributed by atoms with van der Waals surface area (Å²) in [6.45, 7) is 9.18. The molecular formula is C15H22ClNO2. The third-order valence-corrected chi connectivity index (χ3v) is 2.73. The van der Waals surface area contributed by atoms with Crippen LogP contribution in [-0.2, 0) is 16.0 Å². The molecular weight excluding hydrogens is 262 g/mol. The number of rotatable bonds is 5. The lowest BCUT2D eigenvalue weighted by Gasteiger charge is -2.27. The number of hydrogen-bond donors (Lipinski definition) is 1. The van der Waals surface area contributed by atoms with Crippen LogP contribution in [0.25, 0.3) is 0 Å². The average Bonchev–Trinajstić information content (AvgIpc) is 2.28. The monoisotopic (exact) mass is 283 g/mol. The zero-order valence-electron chi connectivity index (χ0n) is 11.8. The Hall–Kier alpha value is -1.32. The summed E-state index contributed by atoms with van der Waals surface area (Å²) in [7, 11) is 0. The van der Waals surface area contributed by atoms with Gasteiger partial charge in [0.15, 0.2) is 6.10 Å². The molecule has 106 valence electrons. The number of esters is 1. The van der Waals surface area contributed by atoms with E-state index in [4.69, 9.17) is 4.74 Å². The van der Waals surface area contributed by atoms with E-state index in [1.165, 1.54) is 0 Å². The van der Waals surface area contributed by atoms with Gasteiger partial charge < -0.3 is 22.9 Å². The largest absolute Gasteiger partial charge is 1.00 e. The summed E-state index contributed by atoms with van der Waals surface area (Å²) in [4.78, 5) is 11.6. The predicted molar refractivity (Wildman–Crippen MR) is 71.8 cm³/mol. The molecule has 0 saturated heterocycles. The lowest BCUT2D eigenvalue weighted by molar-refractivity contribution is -0.483. The van der Waals surface area contributed by atoms with Crippen molar-refractivity contribution in [3.05, 3.63) is 48.0 Å². The van der Waals surface area contributed by atoms with Gasteiger partial charge in [-0.2, -0.15) is 0 Å². The summed E-state index contributed by atoms with van der Waals surface area (Å²) in [6, 6.07) is 9.96. The standard InChI is InChI=1S/C15H21NO2.ClH/c1-11(2)14(17)18-13(15(3,4)16)10-12-8-6-5-7-9-12;/h5-9,13H,1,10,16H2,2-4H3;1H. The van der Waals surface area contributed by atoms with Gasteiger partial charge in [-0.3, -0.25) is 0 Å². The van der Waals surface area contributed by atoms with Crippen LogP contribution >= 0.6 is 0 Å². The zero-order chi connectivity index (χ0) is 13.8. The van der Waals surface area contributed by atoms with Crippen molar-refractivity contribution in [2.24, 2.45) is 0 Å². The van der Waals surface area contributed by atoms with Gasteiger partial charge in [0.25, 0.3) is 0 Å². The summed E-state index contributed by atoms with van der Waals surface area (Å²) in [5.74, 6) is -0.354. The second kappa shape index (κ2) is 7.31. The number of benzene rings is 1. The Balaban J connectivity index is 0.00000324. The van der Waals surface area contributed by atoms with E-state index in [0.717, 1.165) is 5.56 Å². The minimum Gasteiger partial charge on any atom is -1.00 e. The zero-order valence-corrected chi connectivity index (χ0v) is 12.5. The minimum absolute atomic E-state index is 0. The Kier molecular flexibility index (Phi) is 6.81. The van der Waals surface area contributed by atoms with Crippen molar-refractivity contribution in [1.29, 1.82) is 0 Å². The Bertz CT molecular complexity index is 424. The highest BCUT2D eigenvalue weighted by Gasteiger charge is 2.32. The highest BCUT2D eigenvalue weighted by Crippen LogP contribution is 2.15. The molecule has 1 aromatic carbocycles. The summed E-state index contributed by atoms with van der Waals surface area (Å²) < 4.78 is 5.48. The van der Waals surface area contributed by atoms with E-state index in [0.29, 0.717) is 12.0 Å². The smallest absolute Gasteiger partial charge is 0.333 e. The molecule has 0 amide bonds. The third kappa shape index (κ3) is 5.90. The molecule has 0 aliphatic rings. The van der Waals surface area contributed by atoms with Crippen LogP contribution in [0.1, 0.15) is 26.3 Å². The molecule has 4 heteroatoms. The van der Waals surface area contributed by atoms with Crippen molar-refractivity contribution >= 4 is 5.97 Å². The van der Waals surface area contributed by atoms with Gasteiger partial charge in [0, 0.05) is 12.0 Å². The van der Waals surface area contributed by atoms with Crippen molar-refractivity contribution in [3.8, 4) is 0 Å². The molecule has 1 unspecified atom stereocenters. The van der Waals surface area contributed by atoms with Crippen molar-refractivity contribution in [2.75, 3.05) is 0 Å². The van der Waals surface area contributed by atoms with Gasteiger partial charge in [0.1, 0.15) is 5.54 Å². The Labute approximate surface area is 121 Å². The first-order chi connectivity index (χ1) is 8.30. The molecule has 0 aliphatic heterocycles. The van der Waals surface area contributed by atoms with Crippen LogP contribution in [0.3, 0.4) is 0 Å². The number of hydrogen-bond acceptors (Lipinski definition) is 2. The Morgan fingerprint density at radius 2 is 1.89 bits per heavy atom. The van der Waals surface area contributed by atoms with Gasteiger partial charge in [-0.15, -0.1) is 0 Å². The SMILES string of the molecule is C=C(C)C(=O)OC(Cc1ccccc1)C(C)(C)[NH3+].[Cl-]. The molecule has 0 saturated carbocycles. The molecule has 1 atom stereocenters. The fourth-order valence-electron chi connectivity index (χ4n) is 1.54. The summed E-state index contributed by atoms with van der Waals surface area (Å²) in [6.07, 6.45) is 0.403. The van der Waals surface area contributed by atoms with Crippen molar-refractivity contribution < 1.29 is 27.7 Å². The molecule has 1 rings (SSSR count). The molecule has 0 aromatic heterocycles. The van der Waals surface area contributed by atoms with E-state index in [-0.39, 0.29) is 30.0 Å². The predicted octanol–water partition coefficient (Wildman–Crippen LogP) is -1.26. The van der Waals surface area contributed by atoms with Gasteiger partial charge in [-0.25, -0.2) is 4.79 Å². The molecule has 0 radical (unpaired) electrons. The lowest BCUT2D eigenvalue weighted by Crippen LogP contribution is -3.00. The van der Waals surface area contributed by atoms with Crippen LogP contribution < -0.4 is 18.1 Å². The molecule has 19 heavy (non-hydrogen) atoms. The van der Waals surface area contributed by atoms with Gasteiger partial charge >= 0.3 is 5.97 Å². The summed E-state index contributed by atoms with van der Waals surface area (Å²) in [5, 5.41) is 0. The molecule has 0 heterocycles. The molecule has 0 spiro atoms. The quantitative estimate of drug-likeness (QED) is 0.542. The van der Waals surface area contributed by atoms with E-state index in [1.807, 2.05) is 44.2 Å². The maximum absolute atomic E-state index is 11.6. The number of halogens is 1. The third-order valence-electron chi connectivity index (χ3n) is 2.73. The molecule has 0 bridgehead atoms. The normalized spacial score (nSPS) is 12.2. The summed E-state index contributed by atoms with van der Waals surface area (Å²) >= 11 is 0. The fraction of sp³-hybridized carbons (Fsp3) is 0.400. The van der Waals surface area contributed by atoms with Crippen LogP contribution in [0.4, 0.5) is 0 Å². The molecule has 0 fully saturated rings. The fourth-order valence-corrected chi connectivity index (χ4v) is 1.54. The maximum atomic E-state index is 11.6. The van der Waals surface area contributed by atoms with E-state index in [1.54, 1.807) is 6.92 Å². The lowest BCUT2D eigenvalue weighted by atomic mass is 9.92. The van der Waals surface area contributed by atoms with E-state index in [2.05, 4.69) is 12.3 Å². The van der Waals surface area contributed by atoms with E-state index >= 15 is 0 Å². The van der Waals surface area contributed by atoms with Gasteiger partial charge in [-0.1, -0.05) is 36.9 Å². The van der Waals surface area contributed by atoms with Crippen molar-refractivity contribution in [2.45, 2.75) is 38.8 Å². The van der Waals surface area contributed by atoms with Gasteiger partial charge in [0.05, 0.1) is 0 Å². The van der Waals surface area contributed by atoms with E-state index in [9.17, 15) is 4.79 Å².